The molecule has 1 saturated heterocycles. The van der Waals surface area contributed by atoms with Gasteiger partial charge >= 0.3 is 6.03 Å². The molecule has 0 aliphatic carbocycles. The quantitative estimate of drug-likeness (QED) is 0.353. The van der Waals surface area contributed by atoms with Crippen molar-refractivity contribution >= 4 is 11.9 Å². The van der Waals surface area contributed by atoms with E-state index in [0.717, 1.165) is 4.90 Å². The lowest BCUT2D eigenvalue weighted by atomic mass is 10.5. The Hall–Kier alpha value is -1.75. The molecule has 0 spiro atoms. The molecular formula is C5H7N5O2. The van der Waals surface area contributed by atoms with Crippen molar-refractivity contribution < 1.29 is 9.59 Å². The van der Waals surface area contributed by atoms with Crippen molar-refractivity contribution in [3.8, 4) is 0 Å². The summed E-state index contributed by atoms with van der Waals surface area (Å²) >= 11 is 0. The minimum Gasteiger partial charge on any atom is -0.336 e. The Labute approximate surface area is 68.0 Å². The van der Waals surface area contributed by atoms with Crippen molar-refractivity contribution in [3.05, 3.63) is 10.4 Å². The number of azide groups is 1. The summed E-state index contributed by atoms with van der Waals surface area (Å²) in [5.74, 6) is -0.470. The molecule has 0 radical (unpaired) electrons. The van der Waals surface area contributed by atoms with Gasteiger partial charge in [-0.05, 0) is 5.53 Å². The maximum absolute atomic E-state index is 11.0. The molecule has 1 heterocycles. The Morgan fingerprint density at radius 2 is 2.58 bits per heavy atom. The number of amides is 3. The number of carbonyl (C=O) groups is 2. The molecule has 12 heavy (non-hydrogen) atoms. The highest BCUT2D eigenvalue weighted by Gasteiger charge is 2.24. The van der Waals surface area contributed by atoms with Crippen LogP contribution in [0.25, 0.3) is 10.4 Å². The summed E-state index contributed by atoms with van der Waals surface area (Å²) in [5, 5.41) is 5.52. The van der Waals surface area contributed by atoms with Gasteiger partial charge in [0, 0.05) is 18.0 Å². The Morgan fingerprint density at radius 3 is 3.08 bits per heavy atom. The molecule has 0 bridgehead atoms. The molecule has 1 N–H and O–H groups in total. The number of nitrogens with one attached hydrogen (secondary N) is 1. The van der Waals surface area contributed by atoms with Crippen LogP contribution < -0.4 is 5.32 Å². The predicted molar refractivity (Wildman–Crippen MR) is 39.1 cm³/mol. The summed E-state index contributed by atoms with van der Waals surface area (Å²) < 4.78 is 0. The van der Waals surface area contributed by atoms with Crippen LogP contribution in [0.1, 0.15) is 0 Å². The number of urea groups is 1. The smallest absolute Gasteiger partial charge is 0.324 e. The Balaban J connectivity index is 2.51. The van der Waals surface area contributed by atoms with Gasteiger partial charge in [-0.3, -0.25) is 9.69 Å². The molecule has 7 nitrogen and oxygen atoms in total. The fraction of sp³-hybridized carbons (Fsp3) is 0.600. The van der Waals surface area contributed by atoms with Gasteiger partial charge < -0.3 is 5.32 Å². The van der Waals surface area contributed by atoms with Crippen LogP contribution in [-0.4, -0.2) is 36.5 Å². The summed E-state index contributed by atoms with van der Waals surface area (Å²) in [5.41, 5.74) is 7.91. The summed E-state index contributed by atoms with van der Waals surface area (Å²) in [6.45, 7) is 0.503. The molecule has 1 aliphatic rings. The van der Waals surface area contributed by atoms with E-state index in [1.807, 2.05) is 0 Å². The van der Waals surface area contributed by atoms with E-state index in [0.29, 0.717) is 13.1 Å². The molecule has 0 aromatic carbocycles. The number of rotatable bonds is 2. The molecule has 64 valence electrons. The summed E-state index contributed by atoms with van der Waals surface area (Å²) in [6, 6.07) is -0.423. The van der Waals surface area contributed by atoms with Gasteiger partial charge in [0.1, 0.15) is 6.54 Å². The number of hydrogen-bond acceptors (Lipinski definition) is 3. The maximum Gasteiger partial charge on any atom is 0.324 e. The third-order valence-electron chi connectivity index (χ3n) is 1.43. The first-order valence-electron chi connectivity index (χ1n) is 3.35. The Kier molecular flexibility index (Phi) is 2.49. The van der Waals surface area contributed by atoms with Crippen LogP contribution in [0.4, 0.5) is 4.79 Å². The first-order valence-corrected chi connectivity index (χ1v) is 3.35. The minimum absolute atomic E-state index is 0.302. The predicted octanol–water partition coefficient (Wildman–Crippen LogP) is -0.151. The van der Waals surface area contributed by atoms with E-state index in [9.17, 15) is 9.59 Å². The number of hydrogen-bond donors (Lipinski definition) is 1. The molecule has 3 amide bonds. The van der Waals surface area contributed by atoms with Gasteiger partial charge in [0.25, 0.3) is 0 Å². The van der Waals surface area contributed by atoms with Gasteiger partial charge in [-0.25, -0.2) is 4.79 Å². The van der Waals surface area contributed by atoms with E-state index in [1.54, 1.807) is 0 Å². The normalized spacial score (nSPS) is 15.3. The molecule has 7 heteroatoms. The highest BCUT2D eigenvalue weighted by molar-refractivity contribution is 5.96. The molecule has 0 saturated carbocycles. The maximum atomic E-state index is 11.0. The molecular weight excluding hydrogens is 162 g/mol. The lowest BCUT2D eigenvalue weighted by Crippen LogP contribution is -2.35. The number of imide groups is 1. The van der Waals surface area contributed by atoms with Gasteiger partial charge in [-0.2, -0.15) is 0 Å². The van der Waals surface area contributed by atoms with Crippen molar-refractivity contribution in [1.29, 1.82) is 0 Å². The van der Waals surface area contributed by atoms with Crippen LogP contribution in [0.2, 0.25) is 0 Å². The highest BCUT2D eigenvalue weighted by atomic mass is 16.2. The molecule has 0 aromatic heterocycles. The fourth-order valence-corrected chi connectivity index (χ4v) is 0.887. The zero-order chi connectivity index (χ0) is 8.97. The Morgan fingerprint density at radius 1 is 1.83 bits per heavy atom. The molecule has 1 aliphatic heterocycles. The lowest BCUT2D eigenvalue weighted by Gasteiger charge is -2.08. The van der Waals surface area contributed by atoms with Crippen molar-refractivity contribution in [3.63, 3.8) is 0 Å². The van der Waals surface area contributed by atoms with E-state index in [-0.39, 0.29) is 6.54 Å². The van der Waals surface area contributed by atoms with Crippen molar-refractivity contribution in [2.75, 3.05) is 19.6 Å². The zero-order valence-electron chi connectivity index (χ0n) is 6.23. The van der Waals surface area contributed by atoms with E-state index in [2.05, 4.69) is 15.3 Å². The first kappa shape index (κ1) is 8.35. The number of nitrogens with zero attached hydrogens (tertiary/aromatic N) is 4. The average Bonchev–Trinajstić information content (AvgIpc) is 2.47. The standard InChI is InChI=1S/C5H7N5O2/c6-9-8-3-4(11)10-2-1-7-5(10)12/h1-3H2,(H,7,12). The van der Waals surface area contributed by atoms with Crippen LogP contribution in [-0.2, 0) is 4.79 Å². The SMILES string of the molecule is [N-]=[N+]=NCC(=O)N1CCNC1=O. The van der Waals surface area contributed by atoms with Crippen LogP contribution in [0.3, 0.4) is 0 Å². The van der Waals surface area contributed by atoms with Gasteiger partial charge in [-0.1, -0.05) is 5.11 Å². The second kappa shape index (κ2) is 3.59. The summed E-state index contributed by atoms with van der Waals surface area (Å²) in [4.78, 5) is 25.3. The molecule has 0 unspecified atom stereocenters. The summed E-state index contributed by atoms with van der Waals surface area (Å²) in [6.07, 6.45) is 0. The minimum atomic E-state index is -0.470. The van der Waals surface area contributed by atoms with E-state index in [1.165, 1.54) is 0 Å². The molecule has 1 fully saturated rings. The van der Waals surface area contributed by atoms with Crippen molar-refractivity contribution in [2.24, 2.45) is 5.11 Å². The van der Waals surface area contributed by atoms with E-state index >= 15 is 0 Å². The molecule has 1 rings (SSSR count). The van der Waals surface area contributed by atoms with Crippen LogP contribution in [0.15, 0.2) is 5.11 Å². The van der Waals surface area contributed by atoms with Gasteiger partial charge in [0.2, 0.25) is 5.91 Å². The average molecular weight is 169 g/mol. The second-order valence-electron chi connectivity index (χ2n) is 2.17. The molecule has 0 atom stereocenters. The van der Waals surface area contributed by atoms with Crippen LogP contribution in [0.5, 0.6) is 0 Å². The second-order valence-corrected chi connectivity index (χ2v) is 2.17. The third-order valence-corrected chi connectivity index (χ3v) is 1.43. The number of carbonyl (C=O) groups excluding carboxylic acids is 2. The van der Waals surface area contributed by atoms with Gasteiger partial charge in [-0.15, -0.1) is 0 Å². The van der Waals surface area contributed by atoms with Gasteiger partial charge in [0.05, 0.1) is 0 Å². The van der Waals surface area contributed by atoms with E-state index < -0.39 is 11.9 Å². The fourth-order valence-electron chi connectivity index (χ4n) is 0.887. The highest BCUT2D eigenvalue weighted by Crippen LogP contribution is 1.97. The van der Waals surface area contributed by atoms with Crippen molar-refractivity contribution in [2.45, 2.75) is 0 Å². The zero-order valence-corrected chi connectivity index (χ0v) is 6.23. The van der Waals surface area contributed by atoms with Crippen molar-refractivity contribution in [1.82, 2.24) is 10.2 Å². The van der Waals surface area contributed by atoms with Crippen LogP contribution in [0, 0.1) is 0 Å². The van der Waals surface area contributed by atoms with E-state index in [4.69, 9.17) is 5.53 Å². The topological polar surface area (TPSA) is 98.2 Å². The monoisotopic (exact) mass is 169 g/mol. The summed E-state index contributed by atoms with van der Waals surface area (Å²) in [7, 11) is 0. The first-order chi connectivity index (χ1) is 5.75. The largest absolute Gasteiger partial charge is 0.336 e. The van der Waals surface area contributed by atoms with Gasteiger partial charge in [0.15, 0.2) is 0 Å². The lowest BCUT2D eigenvalue weighted by molar-refractivity contribution is -0.126. The molecule has 0 aromatic rings. The van der Waals surface area contributed by atoms with Crippen LogP contribution >= 0.6 is 0 Å². The third kappa shape index (κ3) is 1.64. The Bertz CT molecular complexity index is 257.